The van der Waals surface area contributed by atoms with Gasteiger partial charge in [0.15, 0.2) is 5.03 Å². The lowest BCUT2D eigenvalue weighted by atomic mass is 10.3. The van der Waals surface area contributed by atoms with Crippen molar-refractivity contribution in [3.63, 3.8) is 0 Å². The van der Waals surface area contributed by atoms with Gasteiger partial charge in [-0.3, -0.25) is 5.10 Å². The number of aliphatic hydroxyl groups excluding tert-OH is 1. The van der Waals surface area contributed by atoms with Crippen LogP contribution in [0, 0.1) is 6.92 Å². The lowest BCUT2D eigenvalue weighted by Crippen LogP contribution is -2.24. The second kappa shape index (κ2) is 4.92. The van der Waals surface area contributed by atoms with Gasteiger partial charge in [-0.25, -0.2) is 13.1 Å². The van der Waals surface area contributed by atoms with E-state index in [0.29, 0.717) is 11.3 Å². The van der Waals surface area contributed by atoms with Gasteiger partial charge in [0.05, 0.1) is 19.1 Å². The summed E-state index contributed by atoms with van der Waals surface area (Å²) in [5, 5.41) is 15.2. The first kappa shape index (κ1) is 12.8. The van der Waals surface area contributed by atoms with Crippen LogP contribution in [0.5, 0.6) is 0 Å². The van der Waals surface area contributed by atoms with Crippen LogP contribution in [0.1, 0.15) is 16.8 Å². The normalized spacial score (nSPS) is 11.9. The lowest BCUT2D eigenvalue weighted by molar-refractivity contribution is 0.277. The van der Waals surface area contributed by atoms with Crippen molar-refractivity contribution < 1.29 is 17.9 Å². The fourth-order valence-corrected chi connectivity index (χ4v) is 2.68. The zero-order valence-corrected chi connectivity index (χ0v) is 10.5. The summed E-state index contributed by atoms with van der Waals surface area (Å²) in [5.41, 5.74) is 1.51. The highest BCUT2D eigenvalue weighted by Crippen LogP contribution is 2.16. The number of hydrogen-bond acceptors (Lipinski definition) is 5. The first-order valence-corrected chi connectivity index (χ1v) is 6.68. The van der Waals surface area contributed by atoms with Crippen molar-refractivity contribution in [2.45, 2.75) is 25.1 Å². The number of hydrogen-bond donors (Lipinski definition) is 3. The molecule has 0 unspecified atom stereocenters. The SMILES string of the molecule is Cc1[nH]nc(S(=O)(=O)NCc2ccoc2)c1CO. The minimum atomic E-state index is -3.75. The first-order chi connectivity index (χ1) is 8.54. The van der Waals surface area contributed by atoms with E-state index in [1.807, 2.05) is 0 Å². The molecule has 0 saturated heterocycles. The summed E-state index contributed by atoms with van der Waals surface area (Å²) in [6.45, 7) is 1.37. The molecule has 0 fully saturated rings. The molecule has 8 heteroatoms. The molecule has 0 saturated carbocycles. The van der Waals surface area contributed by atoms with Gasteiger partial charge in [-0.1, -0.05) is 0 Å². The van der Waals surface area contributed by atoms with E-state index in [1.54, 1.807) is 13.0 Å². The summed E-state index contributed by atoms with van der Waals surface area (Å²) in [5.74, 6) is 0. The fraction of sp³-hybridized carbons (Fsp3) is 0.300. The quantitative estimate of drug-likeness (QED) is 0.724. The average molecular weight is 271 g/mol. The van der Waals surface area contributed by atoms with Crippen molar-refractivity contribution in [3.05, 3.63) is 35.4 Å². The number of aliphatic hydroxyl groups is 1. The second-order valence-electron chi connectivity index (χ2n) is 3.75. The Kier molecular flexibility index (Phi) is 3.50. The van der Waals surface area contributed by atoms with Crippen LogP contribution < -0.4 is 4.72 Å². The van der Waals surface area contributed by atoms with Crippen LogP contribution in [0.3, 0.4) is 0 Å². The van der Waals surface area contributed by atoms with Crippen molar-refractivity contribution >= 4 is 10.0 Å². The van der Waals surface area contributed by atoms with E-state index >= 15 is 0 Å². The van der Waals surface area contributed by atoms with Crippen LogP contribution in [0.25, 0.3) is 0 Å². The van der Waals surface area contributed by atoms with Gasteiger partial charge < -0.3 is 9.52 Å². The van der Waals surface area contributed by atoms with Crippen molar-refractivity contribution in [1.82, 2.24) is 14.9 Å². The molecule has 0 spiro atoms. The number of rotatable bonds is 5. The molecule has 0 aromatic carbocycles. The van der Waals surface area contributed by atoms with Gasteiger partial charge in [-0.15, -0.1) is 0 Å². The van der Waals surface area contributed by atoms with Gasteiger partial charge in [0.2, 0.25) is 0 Å². The number of aryl methyl sites for hydroxylation is 1. The molecule has 7 nitrogen and oxygen atoms in total. The molecule has 0 aliphatic carbocycles. The predicted molar refractivity (Wildman–Crippen MR) is 62.0 cm³/mol. The van der Waals surface area contributed by atoms with Crippen molar-refractivity contribution in [2.24, 2.45) is 0 Å². The molecule has 0 bridgehead atoms. The smallest absolute Gasteiger partial charge is 0.260 e. The Hall–Kier alpha value is -1.64. The fourth-order valence-electron chi connectivity index (χ4n) is 1.48. The third-order valence-corrected chi connectivity index (χ3v) is 3.87. The molecule has 0 atom stereocenters. The minimum absolute atomic E-state index is 0.107. The zero-order chi connectivity index (χ0) is 13.2. The third-order valence-electron chi connectivity index (χ3n) is 2.50. The molecular formula is C10H13N3O4S. The number of aromatic nitrogens is 2. The summed E-state index contributed by atoms with van der Waals surface area (Å²) < 4.78 is 31.2. The van der Waals surface area contributed by atoms with E-state index in [-0.39, 0.29) is 23.7 Å². The van der Waals surface area contributed by atoms with Gasteiger partial charge in [-0.05, 0) is 13.0 Å². The summed E-state index contributed by atoms with van der Waals surface area (Å²) in [7, 11) is -3.75. The van der Waals surface area contributed by atoms with Crippen LogP contribution in [0.4, 0.5) is 0 Å². The van der Waals surface area contributed by atoms with Gasteiger partial charge in [-0.2, -0.15) is 5.10 Å². The molecule has 98 valence electrons. The molecule has 18 heavy (non-hydrogen) atoms. The number of nitrogens with zero attached hydrogens (tertiary/aromatic N) is 1. The van der Waals surface area contributed by atoms with Crippen molar-refractivity contribution in [3.8, 4) is 0 Å². The lowest BCUT2D eigenvalue weighted by Gasteiger charge is -2.04. The number of sulfonamides is 1. The van der Waals surface area contributed by atoms with E-state index in [4.69, 9.17) is 9.52 Å². The first-order valence-electron chi connectivity index (χ1n) is 5.20. The number of H-pyrrole nitrogens is 1. The van der Waals surface area contributed by atoms with Crippen molar-refractivity contribution in [1.29, 1.82) is 0 Å². The minimum Gasteiger partial charge on any atom is -0.472 e. The van der Waals surface area contributed by atoms with E-state index in [0.717, 1.165) is 0 Å². The second-order valence-corrected chi connectivity index (χ2v) is 5.43. The molecule has 2 heterocycles. The summed E-state index contributed by atoms with van der Waals surface area (Å²) in [4.78, 5) is 0. The molecule has 3 N–H and O–H groups in total. The Labute approximate surface area is 104 Å². The number of nitrogens with one attached hydrogen (secondary N) is 2. The highest BCUT2D eigenvalue weighted by Gasteiger charge is 2.23. The largest absolute Gasteiger partial charge is 0.472 e. The maximum Gasteiger partial charge on any atom is 0.260 e. The van der Waals surface area contributed by atoms with Crippen LogP contribution in [-0.4, -0.2) is 23.7 Å². The predicted octanol–water partition coefficient (Wildman–Crippen LogP) is 0.282. The van der Waals surface area contributed by atoms with Crippen LogP contribution >= 0.6 is 0 Å². The average Bonchev–Trinajstić information content (AvgIpc) is 2.95. The van der Waals surface area contributed by atoms with E-state index in [2.05, 4.69) is 14.9 Å². The third kappa shape index (κ3) is 2.45. The Balaban J connectivity index is 2.20. The Morgan fingerprint density at radius 3 is 2.94 bits per heavy atom. The van der Waals surface area contributed by atoms with Gasteiger partial charge in [0.25, 0.3) is 10.0 Å². The molecule has 2 aromatic heterocycles. The topological polar surface area (TPSA) is 108 Å². The number of furan rings is 1. The highest BCUT2D eigenvalue weighted by atomic mass is 32.2. The summed E-state index contributed by atoms with van der Waals surface area (Å²) in [6, 6.07) is 1.66. The molecule has 0 aliphatic heterocycles. The maximum absolute atomic E-state index is 12.0. The van der Waals surface area contributed by atoms with E-state index in [9.17, 15) is 8.42 Å². The molecule has 0 aliphatic rings. The molecule has 0 radical (unpaired) electrons. The monoisotopic (exact) mass is 271 g/mol. The van der Waals surface area contributed by atoms with Crippen LogP contribution in [0.2, 0.25) is 0 Å². The molecule has 2 aromatic rings. The van der Waals surface area contributed by atoms with Crippen LogP contribution in [-0.2, 0) is 23.2 Å². The molecule has 2 rings (SSSR count). The maximum atomic E-state index is 12.0. The summed E-state index contributed by atoms with van der Waals surface area (Å²) in [6.07, 6.45) is 2.91. The van der Waals surface area contributed by atoms with Gasteiger partial charge in [0.1, 0.15) is 0 Å². The number of aromatic amines is 1. The van der Waals surface area contributed by atoms with Crippen molar-refractivity contribution in [2.75, 3.05) is 0 Å². The van der Waals surface area contributed by atoms with Crippen LogP contribution in [0.15, 0.2) is 28.0 Å². The molecule has 0 amide bonds. The highest BCUT2D eigenvalue weighted by molar-refractivity contribution is 7.89. The van der Waals surface area contributed by atoms with Gasteiger partial charge in [0, 0.05) is 23.4 Å². The van der Waals surface area contributed by atoms with E-state index < -0.39 is 10.0 Å². The Bertz CT molecular complexity index is 616. The Morgan fingerprint density at radius 1 is 1.56 bits per heavy atom. The van der Waals surface area contributed by atoms with Gasteiger partial charge >= 0.3 is 0 Å². The summed E-state index contributed by atoms with van der Waals surface area (Å²) >= 11 is 0. The zero-order valence-electron chi connectivity index (χ0n) is 9.67. The standard InChI is InChI=1S/C10H13N3O4S/c1-7-9(5-14)10(13-12-7)18(15,16)11-4-8-2-3-17-6-8/h2-3,6,11,14H,4-5H2,1H3,(H,12,13). The Morgan fingerprint density at radius 2 is 2.33 bits per heavy atom. The molecular weight excluding hydrogens is 258 g/mol. The van der Waals surface area contributed by atoms with E-state index in [1.165, 1.54) is 12.5 Å².